The second-order valence-corrected chi connectivity index (χ2v) is 15.8. The summed E-state index contributed by atoms with van der Waals surface area (Å²) in [5, 5.41) is 7.45. The summed E-state index contributed by atoms with van der Waals surface area (Å²) in [6.07, 6.45) is 0. The van der Waals surface area contributed by atoms with Crippen LogP contribution in [0.3, 0.4) is 0 Å². The monoisotopic (exact) mass is 762 g/mol. The first-order valence-electron chi connectivity index (χ1n) is 20.7. The van der Waals surface area contributed by atoms with E-state index in [9.17, 15) is 0 Å². The summed E-state index contributed by atoms with van der Waals surface area (Å²) in [5.41, 5.74) is 16.7. The van der Waals surface area contributed by atoms with E-state index in [1.54, 1.807) is 0 Å². The van der Waals surface area contributed by atoms with Crippen LogP contribution in [0.2, 0.25) is 0 Å². The lowest BCUT2D eigenvalue weighted by Crippen LogP contribution is -1.96. The largest absolute Gasteiger partial charge is 0.309 e. The number of aromatic nitrogens is 2. The highest BCUT2D eigenvalue weighted by Gasteiger charge is 2.18. The van der Waals surface area contributed by atoms with Crippen molar-refractivity contribution in [1.29, 1.82) is 0 Å². The lowest BCUT2D eigenvalue weighted by molar-refractivity contribution is 1.18. The molecule has 0 radical (unpaired) electrons. The molecule has 0 spiro atoms. The molecule has 60 heavy (non-hydrogen) atoms. The molecule has 2 heterocycles. The molecule has 12 aromatic rings. The minimum atomic E-state index is 1.14. The Hall–Kier alpha value is -7.94. The number of hydrogen-bond donors (Lipinski definition) is 0. The summed E-state index contributed by atoms with van der Waals surface area (Å²) in [7, 11) is 0. The fraction of sp³-hybridized carbons (Fsp3) is 0. The van der Waals surface area contributed by atoms with E-state index in [2.05, 4.69) is 240 Å². The Morgan fingerprint density at radius 1 is 0.217 bits per heavy atom. The third-order valence-electron chi connectivity index (χ3n) is 12.3. The average molecular weight is 763 g/mol. The van der Waals surface area contributed by atoms with Crippen molar-refractivity contribution in [1.82, 2.24) is 9.13 Å². The first kappa shape index (κ1) is 34.1. The Morgan fingerprint density at radius 3 is 1.35 bits per heavy atom. The van der Waals surface area contributed by atoms with E-state index < -0.39 is 0 Å². The van der Waals surface area contributed by atoms with Crippen LogP contribution in [0.1, 0.15) is 0 Å². The zero-order valence-corrected chi connectivity index (χ0v) is 32.8. The molecule has 2 heteroatoms. The van der Waals surface area contributed by atoms with Crippen molar-refractivity contribution in [2.75, 3.05) is 0 Å². The smallest absolute Gasteiger partial charge is 0.0547 e. The molecule has 0 unspecified atom stereocenters. The van der Waals surface area contributed by atoms with E-state index in [0.29, 0.717) is 0 Å². The van der Waals surface area contributed by atoms with Crippen molar-refractivity contribution in [2.45, 2.75) is 0 Å². The van der Waals surface area contributed by atoms with Crippen LogP contribution in [0.4, 0.5) is 0 Å². The van der Waals surface area contributed by atoms with Gasteiger partial charge in [-0.2, -0.15) is 0 Å². The summed E-state index contributed by atoms with van der Waals surface area (Å²) >= 11 is 0. The molecular weight excluding hydrogens is 725 g/mol. The van der Waals surface area contributed by atoms with Crippen LogP contribution in [-0.4, -0.2) is 9.13 Å². The maximum Gasteiger partial charge on any atom is 0.0547 e. The highest BCUT2D eigenvalue weighted by atomic mass is 15.0. The lowest BCUT2D eigenvalue weighted by atomic mass is 9.97. The van der Waals surface area contributed by atoms with Gasteiger partial charge in [-0.05, 0) is 116 Å². The standard InChI is InChI=1S/C58H38N2/c1-4-16-39(17-5-1)45-32-46(40-18-6-2-7-19-40)35-47(34-45)60-55-26-14-12-24-50(55)52-30-28-43(37-58(52)60)42-29-31-57-54(36-42)51-25-13-15-27-56(51)59(57)48-33-44-22-10-11-23-49(44)53(38-48)41-20-8-3-9-21-41/h1-38H. The van der Waals surface area contributed by atoms with Gasteiger partial charge in [-0.25, -0.2) is 0 Å². The van der Waals surface area contributed by atoms with E-state index in [0.717, 1.165) is 11.4 Å². The third kappa shape index (κ3) is 5.57. The van der Waals surface area contributed by atoms with E-state index >= 15 is 0 Å². The summed E-state index contributed by atoms with van der Waals surface area (Å²) in [5.74, 6) is 0. The SMILES string of the molecule is c1ccc(-c2cc(-c3ccccc3)cc(-n3c4ccccc4c4ccc(-c5ccc6c(c5)c5ccccc5n6-c5cc(-c6ccccc6)c6ccccc6c5)cc43)c2)cc1. The van der Waals surface area contributed by atoms with Gasteiger partial charge < -0.3 is 9.13 Å². The molecule has 0 fully saturated rings. The number of benzene rings is 10. The van der Waals surface area contributed by atoms with Gasteiger partial charge in [-0.15, -0.1) is 0 Å². The van der Waals surface area contributed by atoms with Crippen molar-refractivity contribution in [3.8, 4) is 55.9 Å². The second kappa shape index (κ2) is 13.9. The third-order valence-corrected chi connectivity index (χ3v) is 12.3. The predicted octanol–water partition coefficient (Wildman–Crippen LogP) is 15.7. The Labute approximate surface area is 348 Å². The Morgan fingerprint density at radius 2 is 0.683 bits per heavy atom. The summed E-state index contributed by atoms with van der Waals surface area (Å²) in [6.45, 7) is 0. The molecule has 280 valence electrons. The minimum Gasteiger partial charge on any atom is -0.309 e. The molecule has 0 saturated carbocycles. The van der Waals surface area contributed by atoms with Gasteiger partial charge in [0.25, 0.3) is 0 Å². The van der Waals surface area contributed by atoms with Crippen molar-refractivity contribution in [3.05, 3.63) is 231 Å². The molecule has 0 saturated heterocycles. The van der Waals surface area contributed by atoms with Gasteiger partial charge in [0.05, 0.1) is 22.1 Å². The molecule has 0 N–H and O–H groups in total. The molecule has 12 rings (SSSR count). The lowest BCUT2D eigenvalue weighted by Gasteiger charge is -2.15. The quantitative estimate of drug-likeness (QED) is 0.160. The van der Waals surface area contributed by atoms with Gasteiger partial charge >= 0.3 is 0 Å². The van der Waals surface area contributed by atoms with Crippen LogP contribution in [0.5, 0.6) is 0 Å². The number of fused-ring (bicyclic) bond motifs is 7. The van der Waals surface area contributed by atoms with Gasteiger partial charge in [0.15, 0.2) is 0 Å². The number of nitrogens with zero attached hydrogens (tertiary/aromatic N) is 2. The molecule has 0 aliphatic rings. The molecule has 2 nitrogen and oxygen atoms in total. The van der Waals surface area contributed by atoms with Crippen LogP contribution >= 0.6 is 0 Å². The Kier molecular flexibility index (Phi) is 7.89. The van der Waals surface area contributed by atoms with Crippen molar-refractivity contribution in [2.24, 2.45) is 0 Å². The van der Waals surface area contributed by atoms with Crippen LogP contribution in [0, 0.1) is 0 Å². The van der Waals surface area contributed by atoms with E-state index in [4.69, 9.17) is 0 Å². The first-order chi connectivity index (χ1) is 29.7. The Balaban J connectivity index is 1.06. The maximum absolute atomic E-state index is 2.46. The summed E-state index contributed by atoms with van der Waals surface area (Å²) in [4.78, 5) is 0. The fourth-order valence-electron chi connectivity index (χ4n) is 9.47. The van der Waals surface area contributed by atoms with Gasteiger partial charge in [-0.1, -0.05) is 170 Å². The van der Waals surface area contributed by atoms with E-state index in [1.165, 1.54) is 98.9 Å². The maximum atomic E-state index is 2.46. The number of hydrogen-bond acceptors (Lipinski definition) is 0. The molecule has 10 aromatic carbocycles. The van der Waals surface area contributed by atoms with Crippen molar-refractivity contribution in [3.63, 3.8) is 0 Å². The molecule has 0 aliphatic carbocycles. The minimum absolute atomic E-state index is 1.14. The van der Waals surface area contributed by atoms with Crippen LogP contribution < -0.4 is 0 Å². The number of rotatable bonds is 6. The second-order valence-electron chi connectivity index (χ2n) is 15.8. The fourth-order valence-corrected chi connectivity index (χ4v) is 9.47. The highest BCUT2D eigenvalue weighted by Crippen LogP contribution is 2.41. The molecule has 0 amide bonds. The van der Waals surface area contributed by atoms with Gasteiger partial charge in [0, 0.05) is 32.9 Å². The Bertz CT molecular complexity index is 3520. The van der Waals surface area contributed by atoms with Crippen LogP contribution in [0.15, 0.2) is 231 Å². The molecule has 0 atom stereocenters. The van der Waals surface area contributed by atoms with Crippen molar-refractivity contribution >= 4 is 54.4 Å². The van der Waals surface area contributed by atoms with Crippen LogP contribution in [0.25, 0.3) is 110 Å². The topological polar surface area (TPSA) is 9.86 Å². The van der Waals surface area contributed by atoms with Crippen LogP contribution in [-0.2, 0) is 0 Å². The normalized spacial score (nSPS) is 11.7. The molecule has 0 aliphatic heterocycles. The first-order valence-corrected chi connectivity index (χ1v) is 20.7. The molecular formula is C58H38N2. The van der Waals surface area contributed by atoms with Gasteiger partial charge in [0.2, 0.25) is 0 Å². The van der Waals surface area contributed by atoms with Gasteiger partial charge in [0.1, 0.15) is 0 Å². The van der Waals surface area contributed by atoms with E-state index in [1.807, 2.05) is 0 Å². The molecule has 0 bridgehead atoms. The highest BCUT2D eigenvalue weighted by molar-refractivity contribution is 6.13. The van der Waals surface area contributed by atoms with Gasteiger partial charge in [-0.3, -0.25) is 0 Å². The zero-order valence-electron chi connectivity index (χ0n) is 32.8. The zero-order chi connectivity index (χ0) is 39.6. The summed E-state index contributed by atoms with van der Waals surface area (Å²) in [6, 6.07) is 84.3. The van der Waals surface area contributed by atoms with E-state index in [-0.39, 0.29) is 0 Å². The summed E-state index contributed by atoms with van der Waals surface area (Å²) < 4.78 is 4.90. The average Bonchev–Trinajstić information content (AvgIpc) is 3.84. The number of para-hydroxylation sites is 2. The molecule has 2 aromatic heterocycles. The predicted molar refractivity (Wildman–Crippen MR) is 254 cm³/mol. The van der Waals surface area contributed by atoms with Crippen molar-refractivity contribution < 1.29 is 0 Å².